The van der Waals surface area contributed by atoms with Crippen LogP contribution in [-0.4, -0.2) is 20.9 Å². The highest BCUT2D eigenvalue weighted by Gasteiger charge is 2.15. The maximum atomic E-state index is 12.8. The number of nitrogens with one attached hydrogen (secondary N) is 2. The molecule has 0 aliphatic heterocycles. The number of H-pyrrole nitrogens is 1. The zero-order chi connectivity index (χ0) is 20.5. The first kappa shape index (κ1) is 19.5. The maximum absolute atomic E-state index is 12.8. The van der Waals surface area contributed by atoms with Gasteiger partial charge >= 0.3 is 0 Å². The SMILES string of the molecule is Cc1csc(Sc2ccc(NC(=O)c3ccc4nc(C(F)F)[nH]c4c3)c(C)c2)n1. The first-order valence-electron chi connectivity index (χ1n) is 8.69. The van der Waals surface area contributed by atoms with Crippen LogP contribution in [-0.2, 0) is 0 Å². The van der Waals surface area contributed by atoms with Gasteiger partial charge in [-0.05, 0) is 55.8 Å². The molecule has 5 nitrogen and oxygen atoms in total. The summed E-state index contributed by atoms with van der Waals surface area (Å²) in [4.78, 5) is 24.5. The summed E-state index contributed by atoms with van der Waals surface area (Å²) in [5.41, 5.74) is 3.75. The van der Waals surface area contributed by atoms with Crippen LogP contribution in [0, 0.1) is 13.8 Å². The van der Waals surface area contributed by atoms with Crippen LogP contribution in [0.15, 0.2) is 51.0 Å². The van der Waals surface area contributed by atoms with E-state index in [1.807, 2.05) is 37.4 Å². The van der Waals surface area contributed by atoms with Crippen molar-refractivity contribution < 1.29 is 13.6 Å². The Hall–Kier alpha value is -2.78. The predicted molar refractivity (Wildman–Crippen MR) is 111 cm³/mol. The number of amides is 1. The third-order valence-corrected chi connectivity index (χ3v) is 6.26. The maximum Gasteiger partial charge on any atom is 0.295 e. The molecule has 4 aromatic rings. The molecule has 1 amide bonds. The van der Waals surface area contributed by atoms with Crippen molar-refractivity contribution >= 4 is 45.7 Å². The average molecular weight is 431 g/mol. The number of imidazole rings is 1. The quantitative estimate of drug-likeness (QED) is 0.409. The molecule has 29 heavy (non-hydrogen) atoms. The van der Waals surface area contributed by atoms with Gasteiger partial charge in [-0.15, -0.1) is 11.3 Å². The number of halogens is 2. The molecule has 0 radical (unpaired) electrons. The van der Waals surface area contributed by atoms with Gasteiger partial charge in [-0.2, -0.15) is 0 Å². The fourth-order valence-corrected chi connectivity index (χ4v) is 4.70. The second-order valence-corrected chi connectivity index (χ2v) is 8.62. The molecule has 0 saturated carbocycles. The van der Waals surface area contributed by atoms with Crippen molar-refractivity contribution in [1.29, 1.82) is 0 Å². The minimum Gasteiger partial charge on any atom is -0.337 e. The van der Waals surface area contributed by atoms with E-state index in [9.17, 15) is 13.6 Å². The van der Waals surface area contributed by atoms with Crippen molar-refractivity contribution in [2.75, 3.05) is 5.32 Å². The number of carbonyl (C=O) groups excluding carboxylic acids is 1. The molecule has 2 aromatic heterocycles. The number of alkyl halides is 2. The first-order chi connectivity index (χ1) is 13.9. The average Bonchev–Trinajstić information content (AvgIpc) is 3.29. The Morgan fingerprint density at radius 2 is 2.00 bits per heavy atom. The number of benzene rings is 2. The van der Waals surface area contributed by atoms with Crippen molar-refractivity contribution in [2.24, 2.45) is 0 Å². The van der Waals surface area contributed by atoms with Crippen molar-refractivity contribution in [1.82, 2.24) is 15.0 Å². The molecule has 9 heteroatoms. The molecule has 0 saturated heterocycles. The molecule has 2 N–H and O–H groups in total. The van der Waals surface area contributed by atoms with Crippen LogP contribution in [0.3, 0.4) is 0 Å². The number of nitrogens with zero attached hydrogens (tertiary/aromatic N) is 2. The highest BCUT2D eigenvalue weighted by molar-refractivity contribution is 8.01. The Labute approximate surface area is 173 Å². The molecule has 4 rings (SSSR count). The van der Waals surface area contributed by atoms with Gasteiger partial charge in [-0.3, -0.25) is 4.79 Å². The van der Waals surface area contributed by atoms with E-state index in [1.54, 1.807) is 35.2 Å². The van der Waals surface area contributed by atoms with Gasteiger partial charge in [0.1, 0.15) is 0 Å². The van der Waals surface area contributed by atoms with Gasteiger partial charge in [-0.25, -0.2) is 18.7 Å². The van der Waals surface area contributed by atoms with E-state index in [1.165, 1.54) is 6.07 Å². The number of carbonyl (C=O) groups is 1. The van der Waals surface area contributed by atoms with Crippen molar-refractivity contribution in [3.8, 4) is 0 Å². The number of aromatic nitrogens is 3. The highest BCUT2D eigenvalue weighted by atomic mass is 32.2. The summed E-state index contributed by atoms with van der Waals surface area (Å²) in [7, 11) is 0. The number of aromatic amines is 1. The summed E-state index contributed by atoms with van der Waals surface area (Å²) >= 11 is 3.17. The fraction of sp³-hybridized carbons (Fsp3) is 0.150. The van der Waals surface area contributed by atoms with Crippen LogP contribution in [0.4, 0.5) is 14.5 Å². The third-order valence-electron chi connectivity index (χ3n) is 4.22. The van der Waals surface area contributed by atoms with Gasteiger partial charge in [0.05, 0.1) is 11.0 Å². The monoisotopic (exact) mass is 430 g/mol. The normalized spacial score (nSPS) is 11.3. The van der Waals surface area contributed by atoms with E-state index in [0.29, 0.717) is 22.3 Å². The molecule has 0 atom stereocenters. The standard InChI is InChI=1S/C20H16F2N4OS2/c1-10-7-13(29-20-23-11(2)9-28-20)4-6-14(10)26-19(27)12-3-5-15-16(8-12)25-18(24-15)17(21)22/h3-9,17H,1-2H3,(H,24,25)(H,26,27). The largest absolute Gasteiger partial charge is 0.337 e. The number of hydrogen-bond acceptors (Lipinski definition) is 5. The van der Waals surface area contributed by atoms with E-state index in [4.69, 9.17) is 0 Å². The molecule has 0 bridgehead atoms. The minimum absolute atomic E-state index is 0.320. The zero-order valence-electron chi connectivity index (χ0n) is 15.5. The lowest BCUT2D eigenvalue weighted by atomic mass is 10.1. The van der Waals surface area contributed by atoms with Gasteiger partial charge in [0.15, 0.2) is 10.2 Å². The van der Waals surface area contributed by atoms with Crippen LogP contribution in [0.1, 0.15) is 33.9 Å². The molecule has 0 fully saturated rings. The molecule has 0 aliphatic carbocycles. The molecule has 0 aliphatic rings. The number of fused-ring (bicyclic) bond motifs is 1. The summed E-state index contributed by atoms with van der Waals surface area (Å²) in [6.07, 6.45) is -2.69. The second-order valence-electron chi connectivity index (χ2n) is 6.44. The number of hydrogen-bond donors (Lipinski definition) is 2. The summed E-state index contributed by atoms with van der Waals surface area (Å²) < 4.78 is 26.5. The Kier molecular flexibility index (Phi) is 5.33. The Morgan fingerprint density at radius 3 is 2.69 bits per heavy atom. The van der Waals surface area contributed by atoms with Crippen LogP contribution in [0.2, 0.25) is 0 Å². The molecule has 0 spiro atoms. The summed E-state index contributed by atoms with van der Waals surface area (Å²) in [6.45, 7) is 3.87. The van der Waals surface area contributed by atoms with Crippen molar-refractivity contribution in [2.45, 2.75) is 29.5 Å². The number of thiazole rings is 1. The molecular formula is C20H16F2N4OS2. The van der Waals surface area contributed by atoms with Gasteiger partial charge < -0.3 is 10.3 Å². The first-order valence-corrected chi connectivity index (χ1v) is 10.4. The van der Waals surface area contributed by atoms with Crippen LogP contribution in [0.5, 0.6) is 0 Å². The number of aryl methyl sites for hydroxylation is 2. The zero-order valence-corrected chi connectivity index (χ0v) is 17.1. The minimum atomic E-state index is -2.69. The number of anilines is 1. The molecule has 2 heterocycles. The second kappa shape index (κ2) is 7.92. The van der Waals surface area contributed by atoms with Gasteiger partial charge in [0.2, 0.25) is 0 Å². The lowest BCUT2D eigenvalue weighted by molar-refractivity contribution is 0.102. The number of rotatable bonds is 5. The van der Waals surface area contributed by atoms with Gasteiger partial charge in [0.25, 0.3) is 12.3 Å². The van der Waals surface area contributed by atoms with Crippen LogP contribution < -0.4 is 5.32 Å². The predicted octanol–water partition coefficient (Wildman–Crippen LogP) is 5.98. The summed E-state index contributed by atoms with van der Waals surface area (Å²) in [5.74, 6) is -0.726. The molecule has 2 aromatic carbocycles. The molecular weight excluding hydrogens is 414 g/mol. The Morgan fingerprint density at radius 1 is 1.17 bits per heavy atom. The summed E-state index contributed by atoms with van der Waals surface area (Å²) in [5, 5.41) is 4.88. The van der Waals surface area contributed by atoms with E-state index in [-0.39, 0.29) is 5.91 Å². The van der Waals surface area contributed by atoms with E-state index in [0.717, 1.165) is 20.5 Å². The lowest BCUT2D eigenvalue weighted by Gasteiger charge is -2.10. The lowest BCUT2D eigenvalue weighted by Crippen LogP contribution is -2.12. The van der Waals surface area contributed by atoms with Crippen LogP contribution in [0.25, 0.3) is 11.0 Å². The smallest absolute Gasteiger partial charge is 0.295 e. The topological polar surface area (TPSA) is 70.7 Å². The van der Waals surface area contributed by atoms with Crippen molar-refractivity contribution in [3.05, 3.63) is 64.4 Å². The van der Waals surface area contributed by atoms with Crippen molar-refractivity contribution in [3.63, 3.8) is 0 Å². The van der Waals surface area contributed by atoms with E-state index < -0.39 is 12.2 Å². The van der Waals surface area contributed by atoms with Crippen LogP contribution >= 0.6 is 23.1 Å². The highest BCUT2D eigenvalue weighted by Crippen LogP contribution is 2.32. The van der Waals surface area contributed by atoms with E-state index in [2.05, 4.69) is 20.3 Å². The summed E-state index contributed by atoms with van der Waals surface area (Å²) in [6, 6.07) is 10.4. The van der Waals surface area contributed by atoms with E-state index >= 15 is 0 Å². The van der Waals surface area contributed by atoms with Gasteiger partial charge in [-0.1, -0.05) is 11.8 Å². The Balaban J connectivity index is 1.51. The van der Waals surface area contributed by atoms with Gasteiger partial charge in [0, 0.05) is 27.2 Å². The molecule has 0 unspecified atom stereocenters. The third kappa shape index (κ3) is 4.30. The fourth-order valence-electron chi connectivity index (χ4n) is 2.79. The Bertz CT molecular complexity index is 1200. The molecule has 148 valence electrons.